The van der Waals surface area contributed by atoms with E-state index in [4.69, 9.17) is 0 Å². The number of halogens is 3. The number of nitrogens with zero attached hydrogens (tertiary/aromatic N) is 5. The van der Waals surface area contributed by atoms with E-state index < -0.39 is 18.0 Å². The number of hydrogen-bond donors (Lipinski definition) is 2. The van der Waals surface area contributed by atoms with Gasteiger partial charge in [-0.3, -0.25) is 5.01 Å². The Morgan fingerprint density at radius 3 is 2.67 bits per heavy atom. The number of pyridine rings is 1. The Balaban J connectivity index is 1.70. The van der Waals surface area contributed by atoms with Gasteiger partial charge in [-0.05, 0) is 55.3 Å². The van der Waals surface area contributed by atoms with Crippen molar-refractivity contribution in [1.29, 1.82) is 0 Å². The molecule has 7 nitrogen and oxygen atoms in total. The Hall–Kier alpha value is -3.24. The standard InChI is InChI=1S/C20H21F3N6O/c1-13-9-15(11-16(10-13)20(21,22)23)18-25-12-29(27-18)8-6-17(30)26-28(3)19-14(2)5-4-7-24-19/h4-12,17,26,30H,1-3H3/b8-6-. The van der Waals surface area contributed by atoms with Gasteiger partial charge in [0.1, 0.15) is 18.4 Å². The number of hydrogen-bond acceptors (Lipinski definition) is 6. The van der Waals surface area contributed by atoms with Crippen molar-refractivity contribution in [3.05, 3.63) is 65.6 Å². The smallest absolute Gasteiger partial charge is 0.373 e. The lowest BCUT2D eigenvalue weighted by Gasteiger charge is -2.22. The Morgan fingerprint density at radius 2 is 1.97 bits per heavy atom. The molecule has 158 valence electrons. The van der Waals surface area contributed by atoms with Crippen LogP contribution in [-0.4, -0.2) is 38.1 Å². The molecule has 0 amide bonds. The van der Waals surface area contributed by atoms with Gasteiger partial charge in [0.15, 0.2) is 5.82 Å². The topological polar surface area (TPSA) is 79.1 Å². The maximum absolute atomic E-state index is 13.0. The van der Waals surface area contributed by atoms with Gasteiger partial charge in [-0.1, -0.05) is 6.07 Å². The molecule has 0 fully saturated rings. The summed E-state index contributed by atoms with van der Waals surface area (Å²) in [4.78, 5) is 8.30. The molecule has 0 saturated carbocycles. The molecule has 1 atom stereocenters. The number of aliphatic hydroxyl groups is 1. The molecule has 0 bridgehead atoms. The quantitative estimate of drug-likeness (QED) is 0.472. The molecule has 1 aromatic carbocycles. The fourth-order valence-electron chi connectivity index (χ4n) is 2.86. The van der Waals surface area contributed by atoms with E-state index in [-0.39, 0.29) is 11.4 Å². The fourth-order valence-corrected chi connectivity index (χ4v) is 2.86. The molecule has 10 heteroatoms. The maximum atomic E-state index is 13.0. The first-order valence-electron chi connectivity index (χ1n) is 9.02. The molecule has 2 aromatic heterocycles. The molecule has 3 aromatic rings. The minimum absolute atomic E-state index is 0.150. The summed E-state index contributed by atoms with van der Waals surface area (Å²) < 4.78 is 40.4. The van der Waals surface area contributed by atoms with E-state index in [0.717, 1.165) is 17.7 Å². The molecular formula is C20H21F3N6O. The number of aryl methyl sites for hydroxylation is 2. The van der Waals surface area contributed by atoms with E-state index in [0.29, 0.717) is 11.4 Å². The minimum atomic E-state index is -4.45. The highest BCUT2D eigenvalue weighted by molar-refractivity contribution is 5.58. The van der Waals surface area contributed by atoms with Crippen LogP contribution in [0.2, 0.25) is 0 Å². The lowest BCUT2D eigenvalue weighted by Crippen LogP contribution is -2.42. The molecule has 3 rings (SSSR count). The summed E-state index contributed by atoms with van der Waals surface area (Å²) in [6.45, 7) is 3.48. The van der Waals surface area contributed by atoms with Crippen LogP contribution in [0.1, 0.15) is 16.7 Å². The van der Waals surface area contributed by atoms with Crippen LogP contribution in [0.25, 0.3) is 17.6 Å². The largest absolute Gasteiger partial charge is 0.416 e. The van der Waals surface area contributed by atoms with E-state index in [9.17, 15) is 18.3 Å². The van der Waals surface area contributed by atoms with Crippen molar-refractivity contribution in [2.45, 2.75) is 26.3 Å². The summed E-state index contributed by atoms with van der Waals surface area (Å²) in [7, 11) is 1.72. The molecular weight excluding hydrogens is 397 g/mol. The molecule has 0 aliphatic carbocycles. The van der Waals surface area contributed by atoms with E-state index in [1.165, 1.54) is 23.3 Å². The van der Waals surface area contributed by atoms with Crippen molar-refractivity contribution in [2.24, 2.45) is 0 Å². The van der Waals surface area contributed by atoms with Crippen molar-refractivity contribution in [2.75, 3.05) is 12.1 Å². The predicted octanol–water partition coefficient (Wildman–Crippen LogP) is 3.41. The summed E-state index contributed by atoms with van der Waals surface area (Å²) >= 11 is 0. The SMILES string of the molecule is Cc1cc(-c2ncn(/C=C\C(O)NN(C)c3ncccc3C)n2)cc(C(F)(F)F)c1. The number of aromatic nitrogens is 4. The second-order valence-electron chi connectivity index (χ2n) is 6.75. The molecule has 1 unspecified atom stereocenters. The molecule has 0 aliphatic heterocycles. The second kappa shape index (κ2) is 8.64. The van der Waals surface area contributed by atoms with Gasteiger partial charge in [0.25, 0.3) is 0 Å². The highest BCUT2D eigenvalue weighted by atomic mass is 19.4. The molecule has 0 saturated heterocycles. The Bertz CT molecular complexity index is 1050. The molecule has 0 radical (unpaired) electrons. The molecule has 0 spiro atoms. The molecule has 0 aliphatic rings. The monoisotopic (exact) mass is 418 g/mol. The highest BCUT2D eigenvalue weighted by Crippen LogP contribution is 2.32. The van der Waals surface area contributed by atoms with Gasteiger partial charge in [-0.25, -0.2) is 20.1 Å². The number of alkyl halides is 3. The van der Waals surface area contributed by atoms with Crippen molar-refractivity contribution in [3.8, 4) is 11.4 Å². The summed E-state index contributed by atoms with van der Waals surface area (Å²) in [5, 5.41) is 15.9. The van der Waals surface area contributed by atoms with Gasteiger partial charge in [-0.15, -0.1) is 5.10 Å². The van der Waals surface area contributed by atoms with E-state index in [1.54, 1.807) is 31.2 Å². The number of nitrogens with one attached hydrogen (secondary N) is 1. The lowest BCUT2D eigenvalue weighted by atomic mass is 10.1. The first-order chi connectivity index (χ1) is 14.1. The lowest BCUT2D eigenvalue weighted by molar-refractivity contribution is -0.137. The average Bonchev–Trinajstić information content (AvgIpc) is 3.14. The molecule has 30 heavy (non-hydrogen) atoms. The second-order valence-corrected chi connectivity index (χ2v) is 6.75. The van der Waals surface area contributed by atoms with E-state index in [2.05, 4.69) is 20.5 Å². The predicted molar refractivity (Wildman–Crippen MR) is 107 cm³/mol. The van der Waals surface area contributed by atoms with E-state index in [1.807, 2.05) is 19.1 Å². The normalized spacial score (nSPS) is 13.0. The van der Waals surface area contributed by atoms with Crippen molar-refractivity contribution < 1.29 is 18.3 Å². The third kappa shape index (κ3) is 5.22. The van der Waals surface area contributed by atoms with Crippen LogP contribution in [0.3, 0.4) is 0 Å². The molecule has 2 N–H and O–H groups in total. The minimum Gasteiger partial charge on any atom is -0.373 e. The highest BCUT2D eigenvalue weighted by Gasteiger charge is 2.31. The Morgan fingerprint density at radius 1 is 1.20 bits per heavy atom. The molecule has 2 heterocycles. The Labute approximate surface area is 171 Å². The maximum Gasteiger partial charge on any atom is 0.416 e. The number of rotatable bonds is 6. The number of aliphatic hydroxyl groups excluding tert-OH is 1. The van der Waals surface area contributed by atoms with Gasteiger partial charge in [0, 0.05) is 25.0 Å². The average molecular weight is 418 g/mol. The number of hydrazine groups is 1. The van der Waals surface area contributed by atoms with Crippen LogP contribution in [0, 0.1) is 13.8 Å². The van der Waals surface area contributed by atoms with Crippen LogP contribution in [0.15, 0.2) is 48.9 Å². The van der Waals surface area contributed by atoms with Crippen LogP contribution in [0.4, 0.5) is 19.0 Å². The van der Waals surface area contributed by atoms with Gasteiger partial charge in [0.05, 0.1) is 5.56 Å². The summed E-state index contributed by atoms with van der Waals surface area (Å²) in [5.41, 5.74) is 3.73. The van der Waals surface area contributed by atoms with Gasteiger partial charge >= 0.3 is 6.18 Å². The van der Waals surface area contributed by atoms with Gasteiger partial charge in [0.2, 0.25) is 0 Å². The van der Waals surface area contributed by atoms with Crippen LogP contribution < -0.4 is 10.4 Å². The zero-order valence-corrected chi connectivity index (χ0v) is 16.6. The zero-order valence-electron chi connectivity index (χ0n) is 16.6. The number of anilines is 1. The summed E-state index contributed by atoms with van der Waals surface area (Å²) in [6, 6.07) is 7.38. The fraction of sp³-hybridized carbons (Fsp3) is 0.250. The Kier molecular flexibility index (Phi) is 6.18. The third-order valence-corrected chi connectivity index (χ3v) is 4.22. The van der Waals surface area contributed by atoms with Gasteiger partial charge < -0.3 is 5.11 Å². The zero-order chi connectivity index (χ0) is 21.9. The van der Waals surface area contributed by atoms with Gasteiger partial charge in [-0.2, -0.15) is 13.2 Å². The van der Waals surface area contributed by atoms with Crippen molar-refractivity contribution >= 4 is 12.0 Å². The van der Waals surface area contributed by atoms with Crippen molar-refractivity contribution in [1.82, 2.24) is 25.2 Å². The van der Waals surface area contributed by atoms with Crippen LogP contribution in [-0.2, 0) is 6.18 Å². The third-order valence-electron chi connectivity index (χ3n) is 4.22. The summed E-state index contributed by atoms with van der Waals surface area (Å²) in [6.07, 6.45) is 0.366. The van der Waals surface area contributed by atoms with Crippen molar-refractivity contribution in [3.63, 3.8) is 0 Å². The first kappa shape index (κ1) is 21.5. The number of benzene rings is 1. The summed E-state index contributed by atoms with van der Waals surface area (Å²) in [5.74, 6) is 0.811. The van der Waals surface area contributed by atoms with Crippen LogP contribution >= 0.6 is 0 Å². The van der Waals surface area contributed by atoms with Crippen LogP contribution in [0.5, 0.6) is 0 Å². The first-order valence-corrected chi connectivity index (χ1v) is 9.02. The van der Waals surface area contributed by atoms with E-state index >= 15 is 0 Å².